The number of aromatic nitrogens is 3. The van der Waals surface area contributed by atoms with Gasteiger partial charge in [0.15, 0.2) is 0 Å². The van der Waals surface area contributed by atoms with E-state index in [1.54, 1.807) is 19.2 Å². The lowest BCUT2D eigenvalue weighted by Crippen LogP contribution is -2.34. The van der Waals surface area contributed by atoms with Crippen LogP contribution in [-0.4, -0.2) is 76.4 Å². The number of carbonyl (C=O) groups is 2. The normalized spacial score (nSPS) is 14.2. The van der Waals surface area contributed by atoms with Gasteiger partial charge >= 0.3 is 0 Å². The fourth-order valence-electron chi connectivity index (χ4n) is 4.48. The van der Waals surface area contributed by atoms with Crippen molar-refractivity contribution in [3.05, 3.63) is 72.1 Å². The lowest BCUT2D eigenvalue weighted by atomic mass is 10.1. The molecule has 0 atom stereocenters. The summed E-state index contributed by atoms with van der Waals surface area (Å²) in [5.74, 6) is 1.56. The van der Waals surface area contributed by atoms with Crippen LogP contribution in [0.1, 0.15) is 27.3 Å². The first-order chi connectivity index (χ1) is 18.4. The minimum atomic E-state index is -0.279. The Morgan fingerprint density at radius 2 is 1.71 bits per heavy atom. The van der Waals surface area contributed by atoms with Gasteiger partial charge in [0.05, 0.1) is 11.0 Å². The Kier molecular flexibility index (Phi) is 7.23. The molecule has 10 heteroatoms. The molecule has 196 valence electrons. The highest BCUT2D eigenvalue weighted by atomic mass is 16.5. The van der Waals surface area contributed by atoms with Crippen molar-refractivity contribution in [2.24, 2.45) is 7.05 Å². The molecular formula is C28H31N7O3. The molecule has 2 amide bonds. The quantitative estimate of drug-likeness (QED) is 0.406. The number of ether oxygens (including phenoxy) is 1. The summed E-state index contributed by atoms with van der Waals surface area (Å²) in [5, 5.41) is 5.90. The van der Waals surface area contributed by atoms with E-state index in [4.69, 9.17) is 9.72 Å². The van der Waals surface area contributed by atoms with E-state index in [9.17, 15) is 9.59 Å². The molecule has 3 heterocycles. The molecule has 1 aliphatic rings. The van der Waals surface area contributed by atoms with Crippen LogP contribution in [0.2, 0.25) is 0 Å². The van der Waals surface area contributed by atoms with Crippen LogP contribution < -0.4 is 15.4 Å². The van der Waals surface area contributed by atoms with Crippen LogP contribution in [0, 0.1) is 0 Å². The Morgan fingerprint density at radius 3 is 2.50 bits per heavy atom. The van der Waals surface area contributed by atoms with Gasteiger partial charge in [0.2, 0.25) is 5.95 Å². The SMILES string of the molecule is CNC(=O)c1cc(Oc2ccc3c(c2)nc(Nc2ccc(C(=O)N4CCCN(C)CC4)cc2)n3C)ccn1. The van der Waals surface area contributed by atoms with Crippen molar-refractivity contribution in [3.63, 3.8) is 0 Å². The topological polar surface area (TPSA) is 105 Å². The van der Waals surface area contributed by atoms with Crippen molar-refractivity contribution in [1.82, 2.24) is 29.7 Å². The number of amides is 2. The van der Waals surface area contributed by atoms with Crippen LogP contribution in [0.5, 0.6) is 11.5 Å². The number of hydrogen-bond acceptors (Lipinski definition) is 7. The van der Waals surface area contributed by atoms with Crippen LogP contribution in [-0.2, 0) is 7.05 Å². The second kappa shape index (κ2) is 10.9. The molecule has 0 unspecified atom stereocenters. The predicted molar refractivity (Wildman–Crippen MR) is 146 cm³/mol. The van der Waals surface area contributed by atoms with Crippen molar-refractivity contribution in [2.75, 3.05) is 45.6 Å². The van der Waals surface area contributed by atoms with Gasteiger partial charge in [-0.2, -0.15) is 0 Å². The van der Waals surface area contributed by atoms with Gasteiger partial charge in [-0.05, 0) is 62.5 Å². The maximum atomic E-state index is 13.0. The maximum absolute atomic E-state index is 13.0. The molecule has 0 radical (unpaired) electrons. The van der Waals surface area contributed by atoms with Crippen molar-refractivity contribution in [1.29, 1.82) is 0 Å². The fourth-order valence-corrected chi connectivity index (χ4v) is 4.48. The highest BCUT2D eigenvalue weighted by Crippen LogP contribution is 2.28. The molecule has 5 rings (SSSR count). The molecule has 0 spiro atoms. The van der Waals surface area contributed by atoms with Gasteiger partial charge in [0.1, 0.15) is 17.2 Å². The molecule has 10 nitrogen and oxygen atoms in total. The van der Waals surface area contributed by atoms with Crippen LogP contribution in [0.3, 0.4) is 0 Å². The zero-order valence-electron chi connectivity index (χ0n) is 21.8. The highest BCUT2D eigenvalue weighted by molar-refractivity contribution is 5.94. The maximum Gasteiger partial charge on any atom is 0.269 e. The zero-order chi connectivity index (χ0) is 26.6. The van der Waals surface area contributed by atoms with Gasteiger partial charge in [-0.25, -0.2) is 4.98 Å². The molecular weight excluding hydrogens is 482 g/mol. The number of likely N-dealkylation sites (N-methyl/N-ethyl adjacent to an activating group) is 1. The number of rotatable bonds is 6. The first kappa shape index (κ1) is 25.2. The van der Waals surface area contributed by atoms with Crippen LogP contribution in [0.25, 0.3) is 11.0 Å². The third-order valence-corrected chi connectivity index (χ3v) is 6.67. The Morgan fingerprint density at radius 1 is 0.921 bits per heavy atom. The second-order valence-electron chi connectivity index (χ2n) is 9.35. The highest BCUT2D eigenvalue weighted by Gasteiger charge is 2.19. The molecule has 0 aliphatic carbocycles. The first-order valence-electron chi connectivity index (χ1n) is 12.6. The average Bonchev–Trinajstić information content (AvgIpc) is 3.08. The Bertz CT molecular complexity index is 1470. The van der Waals surface area contributed by atoms with E-state index in [2.05, 4.69) is 27.6 Å². The Hall–Kier alpha value is -4.44. The molecule has 2 aromatic heterocycles. The summed E-state index contributed by atoms with van der Waals surface area (Å²) >= 11 is 0. The molecule has 4 aromatic rings. The van der Waals surface area contributed by atoms with Crippen molar-refractivity contribution >= 4 is 34.5 Å². The lowest BCUT2D eigenvalue weighted by Gasteiger charge is -2.20. The molecule has 1 saturated heterocycles. The summed E-state index contributed by atoms with van der Waals surface area (Å²) in [5.41, 5.74) is 3.49. The standard InChI is InChI=1S/C28H31N7O3/c1-29-26(36)24-18-22(11-12-30-24)38-21-9-10-25-23(17-21)32-28(34(25)3)31-20-7-5-19(6-8-20)27(37)35-14-4-13-33(2)15-16-35/h5-12,17-18H,4,13-16H2,1-3H3,(H,29,36)(H,31,32). The van der Waals surface area contributed by atoms with Crippen molar-refractivity contribution < 1.29 is 14.3 Å². The minimum Gasteiger partial charge on any atom is -0.457 e. The zero-order valence-corrected chi connectivity index (χ0v) is 21.8. The second-order valence-corrected chi connectivity index (χ2v) is 9.35. The van der Waals surface area contributed by atoms with E-state index < -0.39 is 0 Å². The Labute approximate surface area is 221 Å². The summed E-state index contributed by atoms with van der Waals surface area (Å²) in [6, 6.07) is 16.4. The molecule has 2 N–H and O–H groups in total. The third kappa shape index (κ3) is 5.45. The number of nitrogens with zero attached hydrogens (tertiary/aromatic N) is 5. The first-order valence-corrected chi connectivity index (χ1v) is 12.6. The summed E-state index contributed by atoms with van der Waals surface area (Å²) in [4.78, 5) is 37.8. The molecule has 1 fully saturated rings. The average molecular weight is 514 g/mol. The van der Waals surface area contributed by atoms with Crippen LogP contribution in [0.4, 0.5) is 11.6 Å². The van der Waals surface area contributed by atoms with Gasteiger partial charge in [0, 0.05) is 63.3 Å². The summed E-state index contributed by atoms with van der Waals surface area (Å²) in [6.45, 7) is 3.44. The van der Waals surface area contributed by atoms with Crippen molar-refractivity contribution in [3.8, 4) is 11.5 Å². The number of imidazole rings is 1. The number of hydrogen-bond donors (Lipinski definition) is 2. The van der Waals surface area contributed by atoms with Gasteiger partial charge in [-0.1, -0.05) is 0 Å². The summed E-state index contributed by atoms with van der Waals surface area (Å²) < 4.78 is 7.92. The Balaban J connectivity index is 1.29. The third-order valence-electron chi connectivity index (χ3n) is 6.67. The van der Waals surface area contributed by atoms with E-state index in [1.165, 1.54) is 6.20 Å². The largest absolute Gasteiger partial charge is 0.457 e. The van der Waals surface area contributed by atoms with E-state index in [0.717, 1.165) is 49.3 Å². The number of carbonyl (C=O) groups excluding carboxylic acids is 2. The van der Waals surface area contributed by atoms with Gasteiger partial charge < -0.3 is 29.7 Å². The van der Waals surface area contributed by atoms with E-state index >= 15 is 0 Å². The lowest BCUT2D eigenvalue weighted by molar-refractivity contribution is 0.0762. The molecule has 2 aromatic carbocycles. The van der Waals surface area contributed by atoms with Crippen LogP contribution >= 0.6 is 0 Å². The predicted octanol–water partition coefficient (Wildman–Crippen LogP) is 3.64. The fraction of sp³-hybridized carbons (Fsp3) is 0.286. The molecule has 0 bridgehead atoms. The number of fused-ring (bicyclic) bond motifs is 1. The number of anilines is 2. The van der Waals surface area contributed by atoms with Crippen LogP contribution in [0.15, 0.2) is 60.8 Å². The van der Waals surface area contributed by atoms with Gasteiger partial charge in [-0.3, -0.25) is 14.6 Å². The summed E-state index contributed by atoms with van der Waals surface area (Å²) in [6.07, 6.45) is 2.52. The minimum absolute atomic E-state index is 0.0683. The van der Waals surface area contributed by atoms with Crippen molar-refractivity contribution in [2.45, 2.75) is 6.42 Å². The van der Waals surface area contributed by atoms with E-state index in [-0.39, 0.29) is 17.5 Å². The van der Waals surface area contributed by atoms with Gasteiger partial charge in [-0.15, -0.1) is 0 Å². The molecule has 0 saturated carbocycles. The smallest absolute Gasteiger partial charge is 0.269 e. The molecule has 1 aliphatic heterocycles. The number of nitrogens with one attached hydrogen (secondary N) is 2. The number of aryl methyl sites for hydroxylation is 1. The summed E-state index contributed by atoms with van der Waals surface area (Å²) in [7, 11) is 5.58. The molecule has 38 heavy (non-hydrogen) atoms. The number of pyridine rings is 1. The monoisotopic (exact) mass is 513 g/mol. The van der Waals surface area contributed by atoms with Gasteiger partial charge in [0.25, 0.3) is 11.8 Å². The number of benzene rings is 2. The van der Waals surface area contributed by atoms with E-state index in [1.807, 2.05) is 59.0 Å². The van der Waals surface area contributed by atoms with E-state index in [0.29, 0.717) is 23.0 Å².